The predicted octanol–water partition coefficient (Wildman–Crippen LogP) is 3.74. The van der Waals surface area contributed by atoms with Crippen LogP contribution in [0.3, 0.4) is 0 Å². The van der Waals surface area contributed by atoms with E-state index in [1.54, 1.807) is 11.3 Å². The van der Waals surface area contributed by atoms with Gasteiger partial charge in [-0.2, -0.15) is 0 Å². The molecule has 1 N–H and O–H groups in total. The first-order valence-corrected chi connectivity index (χ1v) is 8.99. The maximum absolute atomic E-state index is 6.20. The number of rotatable bonds is 3. The monoisotopic (exact) mass is 327 g/mol. The Labute approximate surface area is 140 Å². The summed E-state index contributed by atoms with van der Waals surface area (Å²) in [7, 11) is 2.00. The molecule has 0 spiro atoms. The van der Waals surface area contributed by atoms with Gasteiger partial charge in [-0.05, 0) is 38.4 Å². The van der Waals surface area contributed by atoms with Gasteiger partial charge in [0.25, 0.3) is 5.88 Å². The van der Waals surface area contributed by atoms with Crippen LogP contribution in [0.4, 0.5) is 0 Å². The molecule has 0 aliphatic carbocycles. The molecule has 1 saturated heterocycles. The van der Waals surface area contributed by atoms with Crippen molar-refractivity contribution in [2.24, 2.45) is 7.05 Å². The average molecular weight is 327 g/mol. The lowest BCUT2D eigenvalue weighted by Gasteiger charge is -2.22. The van der Waals surface area contributed by atoms with Crippen molar-refractivity contribution < 1.29 is 4.74 Å². The molecule has 4 rings (SSSR count). The van der Waals surface area contributed by atoms with E-state index in [1.807, 2.05) is 11.7 Å². The average Bonchev–Trinajstić information content (AvgIpc) is 3.12. The first-order valence-electron chi connectivity index (χ1n) is 8.11. The van der Waals surface area contributed by atoms with E-state index < -0.39 is 0 Å². The highest BCUT2D eigenvalue weighted by Crippen LogP contribution is 2.39. The van der Waals surface area contributed by atoms with Gasteiger partial charge in [0.2, 0.25) is 0 Å². The van der Waals surface area contributed by atoms with Crippen molar-refractivity contribution in [2.45, 2.75) is 25.9 Å². The van der Waals surface area contributed by atoms with Crippen molar-refractivity contribution >= 4 is 21.6 Å². The molecule has 120 valence electrons. The maximum Gasteiger partial charge on any atom is 0.251 e. The van der Waals surface area contributed by atoms with Gasteiger partial charge in [-0.1, -0.05) is 29.8 Å². The zero-order valence-electron chi connectivity index (χ0n) is 13.5. The second kappa shape index (κ2) is 5.98. The summed E-state index contributed by atoms with van der Waals surface area (Å²) in [6.45, 7) is 4.17. The number of hydrogen-bond donors (Lipinski definition) is 1. The van der Waals surface area contributed by atoms with Crippen molar-refractivity contribution in [2.75, 3.05) is 13.1 Å². The van der Waals surface area contributed by atoms with Gasteiger partial charge in [0.1, 0.15) is 10.8 Å². The lowest BCUT2D eigenvalue weighted by Crippen LogP contribution is -2.34. The molecule has 0 amide bonds. The van der Waals surface area contributed by atoms with E-state index in [0.29, 0.717) is 0 Å². The molecule has 0 saturated carbocycles. The Morgan fingerprint density at radius 2 is 1.96 bits per heavy atom. The van der Waals surface area contributed by atoms with E-state index in [9.17, 15) is 0 Å². The molecule has 1 fully saturated rings. The molecule has 0 bridgehead atoms. The van der Waals surface area contributed by atoms with Crippen LogP contribution in [0.5, 0.6) is 5.88 Å². The number of benzene rings is 1. The van der Waals surface area contributed by atoms with E-state index in [2.05, 4.69) is 47.0 Å². The standard InChI is InChI=1S/C18H21N3OS/c1-12-3-5-13(6-4-12)15-11-23-17-16(15)21(2)20-18(17)22-14-7-9-19-10-8-14/h3-6,11,14,19H,7-10H2,1-2H3. The minimum atomic E-state index is 0.277. The quantitative estimate of drug-likeness (QED) is 0.796. The molecule has 5 heteroatoms. The van der Waals surface area contributed by atoms with Gasteiger partial charge in [0, 0.05) is 18.0 Å². The molecular formula is C18H21N3OS. The third-order valence-electron chi connectivity index (χ3n) is 4.45. The Morgan fingerprint density at radius 1 is 1.22 bits per heavy atom. The summed E-state index contributed by atoms with van der Waals surface area (Å²) in [5.41, 5.74) is 4.92. The summed E-state index contributed by atoms with van der Waals surface area (Å²) >= 11 is 1.73. The van der Waals surface area contributed by atoms with Crippen molar-refractivity contribution in [3.63, 3.8) is 0 Å². The summed E-state index contributed by atoms with van der Waals surface area (Å²) < 4.78 is 9.31. The Bertz CT molecular complexity index is 813. The number of aromatic nitrogens is 2. The SMILES string of the molecule is Cc1ccc(-c2csc3c(OC4CCNCC4)nn(C)c23)cc1. The van der Waals surface area contributed by atoms with Crippen LogP contribution in [0.2, 0.25) is 0 Å². The third-order valence-corrected chi connectivity index (χ3v) is 5.41. The van der Waals surface area contributed by atoms with Crippen LogP contribution in [0.15, 0.2) is 29.6 Å². The van der Waals surface area contributed by atoms with Crippen LogP contribution in [0.1, 0.15) is 18.4 Å². The van der Waals surface area contributed by atoms with Crippen LogP contribution in [0, 0.1) is 6.92 Å². The molecule has 23 heavy (non-hydrogen) atoms. The van der Waals surface area contributed by atoms with Crippen LogP contribution in [-0.4, -0.2) is 29.0 Å². The minimum absolute atomic E-state index is 0.277. The van der Waals surface area contributed by atoms with E-state index >= 15 is 0 Å². The number of aryl methyl sites for hydroxylation is 2. The molecule has 3 aromatic rings. The number of fused-ring (bicyclic) bond motifs is 1. The van der Waals surface area contributed by atoms with Gasteiger partial charge in [0.05, 0.1) is 5.52 Å². The highest BCUT2D eigenvalue weighted by Gasteiger charge is 2.21. The lowest BCUT2D eigenvalue weighted by atomic mass is 10.1. The summed E-state index contributed by atoms with van der Waals surface area (Å²) in [5, 5.41) is 10.2. The maximum atomic E-state index is 6.20. The predicted molar refractivity (Wildman–Crippen MR) is 95.3 cm³/mol. The number of piperidine rings is 1. The zero-order chi connectivity index (χ0) is 15.8. The first-order chi connectivity index (χ1) is 11.2. The van der Waals surface area contributed by atoms with E-state index in [1.165, 1.54) is 22.2 Å². The van der Waals surface area contributed by atoms with Crippen molar-refractivity contribution in [1.82, 2.24) is 15.1 Å². The fraction of sp³-hybridized carbons (Fsp3) is 0.389. The van der Waals surface area contributed by atoms with Crippen molar-refractivity contribution in [3.05, 3.63) is 35.2 Å². The van der Waals surface area contributed by atoms with Gasteiger partial charge in [-0.15, -0.1) is 16.4 Å². The molecule has 0 radical (unpaired) electrons. The number of hydrogen-bond acceptors (Lipinski definition) is 4. The lowest BCUT2D eigenvalue weighted by molar-refractivity contribution is 0.157. The topological polar surface area (TPSA) is 39.1 Å². The van der Waals surface area contributed by atoms with Gasteiger partial charge in [-0.25, -0.2) is 0 Å². The normalized spacial score (nSPS) is 16.1. The van der Waals surface area contributed by atoms with Gasteiger partial charge < -0.3 is 10.1 Å². The molecule has 0 unspecified atom stereocenters. The first kappa shape index (κ1) is 14.7. The Morgan fingerprint density at radius 3 is 2.70 bits per heavy atom. The summed E-state index contributed by atoms with van der Waals surface area (Å²) in [4.78, 5) is 0. The molecule has 0 atom stereocenters. The van der Waals surface area contributed by atoms with Gasteiger partial charge >= 0.3 is 0 Å². The smallest absolute Gasteiger partial charge is 0.251 e. The molecule has 4 nitrogen and oxygen atoms in total. The van der Waals surface area contributed by atoms with E-state index in [0.717, 1.165) is 36.5 Å². The highest BCUT2D eigenvalue weighted by atomic mass is 32.1. The molecule has 1 aliphatic heterocycles. The Kier molecular flexibility index (Phi) is 3.83. The van der Waals surface area contributed by atoms with E-state index in [-0.39, 0.29) is 6.10 Å². The summed E-state index contributed by atoms with van der Waals surface area (Å²) in [6.07, 6.45) is 2.38. The number of thiophene rings is 1. The number of nitrogens with zero attached hydrogens (tertiary/aromatic N) is 2. The Balaban J connectivity index is 1.70. The van der Waals surface area contributed by atoms with Crippen LogP contribution in [0.25, 0.3) is 21.3 Å². The fourth-order valence-corrected chi connectivity index (χ4v) is 4.17. The molecule has 1 aromatic carbocycles. The molecule has 3 heterocycles. The molecular weight excluding hydrogens is 306 g/mol. The third kappa shape index (κ3) is 2.75. The number of ether oxygens (including phenoxy) is 1. The van der Waals surface area contributed by atoms with E-state index in [4.69, 9.17) is 4.74 Å². The largest absolute Gasteiger partial charge is 0.472 e. The zero-order valence-corrected chi connectivity index (χ0v) is 14.3. The summed E-state index contributed by atoms with van der Waals surface area (Å²) in [6, 6.07) is 8.66. The molecule has 1 aliphatic rings. The minimum Gasteiger partial charge on any atom is -0.472 e. The van der Waals surface area contributed by atoms with Crippen LogP contribution in [-0.2, 0) is 7.05 Å². The Hall–Kier alpha value is -1.85. The second-order valence-electron chi connectivity index (χ2n) is 6.19. The van der Waals surface area contributed by atoms with Gasteiger partial charge in [-0.3, -0.25) is 4.68 Å². The summed E-state index contributed by atoms with van der Waals surface area (Å²) in [5.74, 6) is 0.790. The van der Waals surface area contributed by atoms with Crippen molar-refractivity contribution in [1.29, 1.82) is 0 Å². The van der Waals surface area contributed by atoms with Crippen molar-refractivity contribution in [3.8, 4) is 17.0 Å². The fourth-order valence-electron chi connectivity index (χ4n) is 3.14. The second-order valence-corrected chi connectivity index (χ2v) is 7.07. The highest BCUT2D eigenvalue weighted by molar-refractivity contribution is 7.18. The van der Waals surface area contributed by atoms with Crippen LogP contribution < -0.4 is 10.1 Å². The van der Waals surface area contributed by atoms with Crippen LogP contribution >= 0.6 is 11.3 Å². The van der Waals surface area contributed by atoms with Gasteiger partial charge in [0.15, 0.2) is 0 Å². The molecule has 2 aromatic heterocycles. The number of nitrogens with one attached hydrogen (secondary N) is 1.